The minimum Gasteiger partial charge on any atom is -0.326 e. The van der Waals surface area contributed by atoms with E-state index in [4.69, 9.17) is 11.6 Å². The molecule has 1 aliphatic carbocycles. The Morgan fingerprint density at radius 3 is 2.71 bits per heavy atom. The van der Waals surface area contributed by atoms with Gasteiger partial charge >= 0.3 is 0 Å². The molecule has 1 saturated heterocycles. The number of benzene rings is 1. The van der Waals surface area contributed by atoms with Gasteiger partial charge in [0.1, 0.15) is 0 Å². The van der Waals surface area contributed by atoms with Crippen molar-refractivity contribution in [1.82, 2.24) is 4.90 Å². The van der Waals surface area contributed by atoms with Crippen LogP contribution in [0.3, 0.4) is 0 Å². The zero-order valence-corrected chi connectivity index (χ0v) is 14.2. The topological polar surface area (TPSA) is 66.5 Å². The highest BCUT2D eigenvalue weighted by molar-refractivity contribution is 6.30. The summed E-state index contributed by atoms with van der Waals surface area (Å²) >= 11 is 5.99. The molecule has 0 radical (unpaired) electrons. The summed E-state index contributed by atoms with van der Waals surface area (Å²) in [5, 5.41) is 3.45. The molecule has 5 nitrogen and oxygen atoms in total. The third-order valence-electron chi connectivity index (χ3n) is 4.64. The Hall–Kier alpha value is -2.14. The minimum absolute atomic E-state index is 0.0897. The van der Waals surface area contributed by atoms with Crippen molar-refractivity contribution in [3.05, 3.63) is 40.9 Å². The van der Waals surface area contributed by atoms with Crippen LogP contribution in [0.1, 0.15) is 24.8 Å². The Bertz CT molecular complexity index is 729. The van der Waals surface area contributed by atoms with Gasteiger partial charge in [0.15, 0.2) is 0 Å². The van der Waals surface area contributed by atoms with Gasteiger partial charge in [0, 0.05) is 23.7 Å². The van der Waals surface area contributed by atoms with Gasteiger partial charge in [-0.1, -0.05) is 35.9 Å². The van der Waals surface area contributed by atoms with Crippen LogP contribution in [0.25, 0.3) is 0 Å². The number of nitrogens with zero attached hydrogens (tertiary/aromatic N) is 1. The number of amides is 3. The first kappa shape index (κ1) is 16.7. The van der Waals surface area contributed by atoms with E-state index in [0.29, 0.717) is 17.9 Å². The molecule has 3 rings (SSSR count). The van der Waals surface area contributed by atoms with Crippen LogP contribution in [0.2, 0.25) is 0 Å². The highest BCUT2D eigenvalue weighted by Crippen LogP contribution is 2.38. The standard InChI is InChI=1S/C18H19ClN2O3/c1-11-4-2-3-5-15(11)20-16(22)8-9-21-17(23)13-7-6-12(19)10-14(13)18(21)24/h2-6,13-14H,7-10H2,1H3,(H,20,22)/t13-,14-/m1/s1. The Kier molecular flexibility index (Phi) is 4.71. The molecule has 2 aliphatic rings. The number of para-hydroxylation sites is 1. The summed E-state index contributed by atoms with van der Waals surface area (Å²) in [6.45, 7) is 2.02. The highest BCUT2D eigenvalue weighted by atomic mass is 35.5. The monoisotopic (exact) mass is 346 g/mol. The van der Waals surface area contributed by atoms with Crippen LogP contribution in [0, 0.1) is 18.8 Å². The summed E-state index contributed by atoms with van der Waals surface area (Å²) in [5.41, 5.74) is 1.71. The smallest absolute Gasteiger partial charge is 0.233 e. The van der Waals surface area contributed by atoms with Crippen LogP contribution in [0.15, 0.2) is 35.4 Å². The zero-order chi connectivity index (χ0) is 17.3. The van der Waals surface area contributed by atoms with E-state index in [1.807, 2.05) is 37.3 Å². The second-order valence-electron chi connectivity index (χ2n) is 6.25. The molecule has 1 aromatic rings. The van der Waals surface area contributed by atoms with E-state index < -0.39 is 0 Å². The molecule has 2 atom stereocenters. The maximum Gasteiger partial charge on any atom is 0.233 e. The number of anilines is 1. The van der Waals surface area contributed by atoms with E-state index in [1.54, 1.807) is 0 Å². The van der Waals surface area contributed by atoms with E-state index in [9.17, 15) is 14.4 Å². The summed E-state index contributed by atoms with van der Waals surface area (Å²) in [5.74, 6) is -1.29. The van der Waals surface area contributed by atoms with Gasteiger partial charge < -0.3 is 5.32 Å². The molecule has 1 N–H and O–H groups in total. The van der Waals surface area contributed by atoms with E-state index in [1.165, 1.54) is 4.90 Å². The molecule has 0 unspecified atom stereocenters. The lowest BCUT2D eigenvalue weighted by Crippen LogP contribution is -2.34. The number of halogens is 1. The number of likely N-dealkylation sites (tertiary alicyclic amines) is 1. The summed E-state index contributed by atoms with van der Waals surface area (Å²) in [6.07, 6.45) is 2.82. The highest BCUT2D eigenvalue weighted by Gasteiger charge is 2.48. The number of allylic oxidation sites excluding steroid dienone is 2. The Balaban J connectivity index is 1.59. The van der Waals surface area contributed by atoms with Crippen molar-refractivity contribution < 1.29 is 14.4 Å². The van der Waals surface area contributed by atoms with Crippen molar-refractivity contribution in [3.8, 4) is 0 Å². The normalized spacial score (nSPS) is 23.1. The van der Waals surface area contributed by atoms with Gasteiger partial charge in [-0.05, 0) is 31.4 Å². The molecule has 6 heteroatoms. The molecule has 1 heterocycles. The maximum atomic E-state index is 12.4. The number of hydrogen-bond acceptors (Lipinski definition) is 3. The van der Waals surface area contributed by atoms with E-state index >= 15 is 0 Å². The van der Waals surface area contributed by atoms with Crippen LogP contribution >= 0.6 is 11.6 Å². The Morgan fingerprint density at radius 2 is 1.96 bits per heavy atom. The van der Waals surface area contributed by atoms with Gasteiger partial charge in [-0.25, -0.2) is 0 Å². The fourth-order valence-electron chi connectivity index (χ4n) is 3.26. The van der Waals surface area contributed by atoms with Gasteiger partial charge in [0.05, 0.1) is 11.8 Å². The number of hydrogen-bond donors (Lipinski definition) is 1. The van der Waals surface area contributed by atoms with Crippen molar-refractivity contribution in [3.63, 3.8) is 0 Å². The molecular weight excluding hydrogens is 328 g/mol. The van der Waals surface area contributed by atoms with Crippen LogP contribution in [0.5, 0.6) is 0 Å². The summed E-state index contributed by atoms with van der Waals surface area (Å²) < 4.78 is 0. The van der Waals surface area contributed by atoms with Gasteiger partial charge in [-0.15, -0.1) is 0 Å². The third kappa shape index (κ3) is 3.22. The number of rotatable bonds is 4. The predicted molar refractivity (Wildman–Crippen MR) is 91.3 cm³/mol. The number of fused-ring (bicyclic) bond motifs is 1. The van der Waals surface area contributed by atoms with E-state index in [0.717, 1.165) is 11.3 Å². The zero-order valence-electron chi connectivity index (χ0n) is 13.4. The van der Waals surface area contributed by atoms with E-state index in [2.05, 4.69) is 5.32 Å². The second kappa shape index (κ2) is 6.77. The fraction of sp³-hybridized carbons (Fsp3) is 0.389. The fourth-order valence-corrected chi connectivity index (χ4v) is 3.51. The average Bonchev–Trinajstić information content (AvgIpc) is 2.78. The van der Waals surface area contributed by atoms with Gasteiger partial charge in [0.25, 0.3) is 0 Å². The van der Waals surface area contributed by atoms with Crippen molar-refractivity contribution >= 4 is 35.0 Å². The minimum atomic E-state index is -0.366. The van der Waals surface area contributed by atoms with Crippen molar-refractivity contribution in [1.29, 1.82) is 0 Å². The van der Waals surface area contributed by atoms with E-state index in [-0.39, 0.29) is 42.5 Å². The molecule has 24 heavy (non-hydrogen) atoms. The maximum absolute atomic E-state index is 12.4. The van der Waals surface area contributed by atoms with Crippen LogP contribution in [0.4, 0.5) is 5.69 Å². The predicted octanol–water partition coefficient (Wildman–Crippen LogP) is 2.84. The second-order valence-corrected chi connectivity index (χ2v) is 6.73. The van der Waals surface area contributed by atoms with Crippen molar-refractivity contribution in [2.45, 2.75) is 26.2 Å². The third-order valence-corrected chi connectivity index (χ3v) is 4.95. The Morgan fingerprint density at radius 1 is 1.25 bits per heavy atom. The number of carbonyl (C=O) groups excluding carboxylic acids is 3. The molecule has 3 amide bonds. The molecule has 0 spiro atoms. The van der Waals surface area contributed by atoms with Gasteiger partial charge in [-0.3, -0.25) is 19.3 Å². The van der Waals surface area contributed by atoms with Crippen LogP contribution < -0.4 is 5.32 Å². The molecule has 1 fully saturated rings. The number of aryl methyl sites for hydroxylation is 1. The lowest BCUT2D eigenvalue weighted by atomic mass is 9.85. The summed E-state index contributed by atoms with van der Waals surface area (Å²) in [7, 11) is 0. The number of imide groups is 1. The first-order chi connectivity index (χ1) is 11.5. The van der Waals surface area contributed by atoms with Crippen molar-refractivity contribution in [2.24, 2.45) is 11.8 Å². The number of nitrogens with one attached hydrogen (secondary N) is 1. The van der Waals surface area contributed by atoms with Crippen LogP contribution in [-0.2, 0) is 14.4 Å². The van der Waals surface area contributed by atoms with Crippen LogP contribution in [-0.4, -0.2) is 29.2 Å². The quantitative estimate of drug-likeness (QED) is 0.852. The molecule has 0 saturated carbocycles. The first-order valence-electron chi connectivity index (χ1n) is 8.02. The molecule has 0 bridgehead atoms. The SMILES string of the molecule is Cc1ccccc1NC(=O)CCN1C(=O)[C@@H]2CC=C(Cl)C[C@H]2C1=O. The average molecular weight is 347 g/mol. The summed E-state index contributed by atoms with van der Waals surface area (Å²) in [4.78, 5) is 38.1. The molecule has 126 valence electrons. The lowest BCUT2D eigenvalue weighted by Gasteiger charge is -2.17. The van der Waals surface area contributed by atoms with Crippen molar-refractivity contribution in [2.75, 3.05) is 11.9 Å². The molecule has 0 aromatic heterocycles. The van der Waals surface area contributed by atoms with Gasteiger partial charge in [-0.2, -0.15) is 0 Å². The molecular formula is C18H19ClN2O3. The first-order valence-corrected chi connectivity index (χ1v) is 8.40. The summed E-state index contributed by atoms with van der Waals surface area (Å²) in [6, 6.07) is 7.47. The largest absolute Gasteiger partial charge is 0.326 e. The Labute approximate surface area is 145 Å². The lowest BCUT2D eigenvalue weighted by molar-refractivity contribution is -0.140. The van der Waals surface area contributed by atoms with Gasteiger partial charge in [0.2, 0.25) is 17.7 Å². The number of carbonyl (C=O) groups is 3. The molecule has 1 aromatic carbocycles. The molecule has 1 aliphatic heterocycles.